The van der Waals surface area contributed by atoms with E-state index in [-0.39, 0.29) is 12.0 Å². The van der Waals surface area contributed by atoms with Crippen molar-refractivity contribution in [3.05, 3.63) is 48.1 Å². The van der Waals surface area contributed by atoms with Crippen molar-refractivity contribution < 1.29 is 9.84 Å². The molecule has 1 aliphatic heterocycles. The van der Waals surface area contributed by atoms with Crippen molar-refractivity contribution >= 4 is 27.4 Å². The van der Waals surface area contributed by atoms with Crippen LogP contribution in [0.3, 0.4) is 0 Å². The van der Waals surface area contributed by atoms with Crippen molar-refractivity contribution in [3.63, 3.8) is 0 Å². The van der Waals surface area contributed by atoms with E-state index in [2.05, 4.69) is 26.3 Å². The van der Waals surface area contributed by atoms with Gasteiger partial charge in [0.05, 0.1) is 18.6 Å². The van der Waals surface area contributed by atoms with Gasteiger partial charge in [-0.1, -0.05) is 18.2 Å². The summed E-state index contributed by atoms with van der Waals surface area (Å²) in [5.41, 5.74) is -0.152. The summed E-state index contributed by atoms with van der Waals surface area (Å²) < 4.78 is 5.88. The van der Waals surface area contributed by atoms with Crippen molar-refractivity contribution in [1.29, 1.82) is 0 Å². The molecule has 0 aliphatic carbocycles. The minimum atomic E-state index is -0.152. The van der Waals surface area contributed by atoms with Crippen LogP contribution >= 0.6 is 11.3 Å². The highest BCUT2D eigenvalue weighted by molar-refractivity contribution is 7.16. The molecule has 4 rings (SSSR count). The lowest BCUT2D eigenvalue weighted by Crippen LogP contribution is -2.46. The molecule has 1 unspecified atom stereocenters. The Morgan fingerprint density at radius 2 is 2.08 bits per heavy atom. The fraction of sp³-hybridized carbons (Fsp3) is 0.400. The highest BCUT2D eigenvalue weighted by atomic mass is 32.1. The fourth-order valence-corrected chi connectivity index (χ4v) is 4.46. The number of nitrogens with zero attached hydrogens (tertiary/aromatic N) is 3. The maximum atomic E-state index is 10.2. The lowest BCUT2D eigenvalue weighted by atomic mass is 9.78. The first kappa shape index (κ1) is 17.2. The average molecular weight is 369 g/mol. The van der Waals surface area contributed by atoms with Crippen LogP contribution in [0.5, 0.6) is 5.75 Å². The topological polar surface area (TPSA) is 58.5 Å². The Hall–Kier alpha value is -2.18. The van der Waals surface area contributed by atoms with Gasteiger partial charge >= 0.3 is 0 Å². The number of aliphatic hydroxyl groups is 1. The maximum Gasteiger partial charge on any atom is 0.140 e. The molecule has 1 fully saturated rings. The van der Waals surface area contributed by atoms with Gasteiger partial charge in [0.2, 0.25) is 0 Å². The van der Waals surface area contributed by atoms with Gasteiger partial charge in [0.15, 0.2) is 0 Å². The number of anilines is 1. The summed E-state index contributed by atoms with van der Waals surface area (Å²) in [5.74, 6) is 1.86. The van der Waals surface area contributed by atoms with Gasteiger partial charge < -0.3 is 14.7 Å². The van der Waals surface area contributed by atoms with Gasteiger partial charge in [-0.3, -0.25) is 0 Å². The third-order valence-corrected chi connectivity index (χ3v) is 6.00. The number of ether oxygens (including phenoxy) is 1. The number of aromatic nitrogens is 2. The SMILES string of the molecule is OCC1(CCOc2ccccc2)CCCN(c2ncnc3sccc23)C1. The Bertz CT molecular complexity index is 854. The monoisotopic (exact) mass is 369 g/mol. The van der Waals surface area contributed by atoms with Crippen LogP contribution in [0.1, 0.15) is 19.3 Å². The van der Waals surface area contributed by atoms with E-state index in [1.165, 1.54) is 0 Å². The maximum absolute atomic E-state index is 10.2. The minimum Gasteiger partial charge on any atom is -0.494 e. The zero-order valence-electron chi connectivity index (χ0n) is 14.7. The standard InChI is InChI=1S/C20H23N3O2S/c24-14-20(9-11-25-16-5-2-1-3-6-16)8-4-10-23(13-20)18-17-7-12-26-19(17)22-15-21-18/h1-3,5-7,12,15,24H,4,8-11,13-14H2. The molecule has 3 heterocycles. The Balaban J connectivity index is 1.47. The second-order valence-corrected chi connectivity index (χ2v) is 7.83. The Morgan fingerprint density at radius 3 is 2.92 bits per heavy atom. The quantitative estimate of drug-likeness (QED) is 0.717. The summed E-state index contributed by atoms with van der Waals surface area (Å²) in [6, 6.07) is 11.9. The number of piperidine rings is 1. The Kier molecular flexibility index (Phi) is 5.04. The zero-order chi connectivity index (χ0) is 17.8. The van der Waals surface area contributed by atoms with E-state index in [0.717, 1.165) is 54.1 Å². The number of hydrogen-bond donors (Lipinski definition) is 1. The van der Waals surface area contributed by atoms with Crippen LogP contribution < -0.4 is 9.64 Å². The third-order valence-electron chi connectivity index (χ3n) is 5.18. The molecular formula is C20H23N3O2S. The lowest BCUT2D eigenvalue weighted by Gasteiger charge is -2.42. The van der Waals surface area contributed by atoms with Gasteiger partial charge in [-0.15, -0.1) is 11.3 Å². The molecule has 1 saturated heterocycles. The molecule has 6 heteroatoms. The van der Waals surface area contributed by atoms with Gasteiger partial charge in [0, 0.05) is 18.5 Å². The van der Waals surface area contributed by atoms with E-state index < -0.39 is 0 Å². The number of rotatable bonds is 6. The van der Waals surface area contributed by atoms with Crippen LogP contribution in [0.4, 0.5) is 5.82 Å². The number of thiophene rings is 1. The van der Waals surface area contributed by atoms with Crippen molar-refractivity contribution in [2.45, 2.75) is 19.3 Å². The van der Waals surface area contributed by atoms with Crippen LogP contribution in [0, 0.1) is 5.41 Å². The molecule has 0 radical (unpaired) electrons. The molecule has 1 N–H and O–H groups in total. The first-order chi connectivity index (χ1) is 12.8. The van der Waals surface area contributed by atoms with Crippen molar-refractivity contribution in [2.75, 3.05) is 31.2 Å². The number of aliphatic hydroxyl groups excluding tert-OH is 1. The third kappa shape index (κ3) is 3.52. The van der Waals surface area contributed by atoms with Crippen LogP contribution in [0.25, 0.3) is 10.2 Å². The summed E-state index contributed by atoms with van der Waals surface area (Å²) in [5, 5.41) is 13.3. The van der Waals surface area contributed by atoms with E-state index in [0.29, 0.717) is 6.61 Å². The molecule has 0 amide bonds. The number of para-hydroxylation sites is 1. The first-order valence-corrected chi connectivity index (χ1v) is 9.90. The van der Waals surface area contributed by atoms with E-state index >= 15 is 0 Å². The normalized spacial score (nSPS) is 20.4. The second kappa shape index (κ2) is 7.60. The summed E-state index contributed by atoms with van der Waals surface area (Å²) in [6.07, 6.45) is 4.52. The first-order valence-electron chi connectivity index (χ1n) is 9.02. The van der Waals surface area contributed by atoms with E-state index in [1.54, 1.807) is 17.7 Å². The van der Waals surface area contributed by atoms with Gasteiger partial charge in [-0.25, -0.2) is 9.97 Å². The minimum absolute atomic E-state index is 0.152. The summed E-state index contributed by atoms with van der Waals surface area (Å²) in [4.78, 5) is 12.2. The molecule has 0 saturated carbocycles. The molecular weight excluding hydrogens is 346 g/mol. The van der Waals surface area contributed by atoms with Gasteiger partial charge in [-0.2, -0.15) is 0 Å². The summed E-state index contributed by atoms with van der Waals surface area (Å²) in [6.45, 7) is 2.53. The van der Waals surface area contributed by atoms with E-state index in [4.69, 9.17) is 4.74 Å². The lowest BCUT2D eigenvalue weighted by molar-refractivity contribution is 0.0793. The van der Waals surface area contributed by atoms with Gasteiger partial charge in [0.1, 0.15) is 22.7 Å². The van der Waals surface area contributed by atoms with Crippen LogP contribution in [-0.2, 0) is 0 Å². The van der Waals surface area contributed by atoms with Crippen molar-refractivity contribution in [1.82, 2.24) is 9.97 Å². The molecule has 0 spiro atoms. The number of hydrogen-bond acceptors (Lipinski definition) is 6. The highest BCUT2D eigenvalue weighted by Crippen LogP contribution is 2.37. The highest BCUT2D eigenvalue weighted by Gasteiger charge is 2.36. The summed E-state index contributed by atoms with van der Waals surface area (Å²) >= 11 is 1.64. The smallest absolute Gasteiger partial charge is 0.140 e. The Labute approximate surface area is 157 Å². The fourth-order valence-electron chi connectivity index (χ4n) is 3.73. The van der Waals surface area contributed by atoms with E-state index in [9.17, 15) is 5.11 Å². The average Bonchev–Trinajstić information content (AvgIpc) is 3.18. The van der Waals surface area contributed by atoms with Crippen LogP contribution in [0.2, 0.25) is 0 Å². The molecule has 1 aromatic carbocycles. The van der Waals surface area contributed by atoms with Gasteiger partial charge in [0.25, 0.3) is 0 Å². The Morgan fingerprint density at radius 1 is 1.19 bits per heavy atom. The zero-order valence-corrected chi connectivity index (χ0v) is 15.5. The molecule has 3 aromatic rings. The molecule has 0 bridgehead atoms. The van der Waals surface area contributed by atoms with Crippen LogP contribution in [-0.4, -0.2) is 41.4 Å². The predicted molar refractivity (Wildman–Crippen MR) is 105 cm³/mol. The molecule has 1 aliphatic rings. The molecule has 2 aromatic heterocycles. The number of benzene rings is 1. The molecule has 5 nitrogen and oxygen atoms in total. The van der Waals surface area contributed by atoms with Crippen molar-refractivity contribution in [2.24, 2.45) is 5.41 Å². The number of fused-ring (bicyclic) bond motifs is 1. The van der Waals surface area contributed by atoms with E-state index in [1.807, 2.05) is 30.3 Å². The predicted octanol–water partition coefficient (Wildman–Crippen LogP) is 3.74. The van der Waals surface area contributed by atoms with Crippen LogP contribution in [0.15, 0.2) is 48.1 Å². The molecule has 136 valence electrons. The van der Waals surface area contributed by atoms with Gasteiger partial charge in [-0.05, 0) is 42.8 Å². The molecule has 1 atom stereocenters. The van der Waals surface area contributed by atoms with Crippen molar-refractivity contribution in [3.8, 4) is 5.75 Å². The largest absolute Gasteiger partial charge is 0.494 e. The summed E-state index contributed by atoms with van der Waals surface area (Å²) in [7, 11) is 0. The molecule has 26 heavy (non-hydrogen) atoms. The second-order valence-electron chi connectivity index (χ2n) is 6.93.